The van der Waals surface area contributed by atoms with E-state index in [1.165, 1.54) is 0 Å². The van der Waals surface area contributed by atoms with Gasteiger partial charge in [-0.15, -0.1) is 0 Å². The Hall–Kier alpha value is -2.15. The maximum Gasteiger partial charge on any atom is 0.299 e. The van der Waals surface area contributed by atoms with Crippen molar-refractivity contribution in [2.45, 2.75) is 40.0 Å². The van der Waals surface area contributed by atoms with Crippen LogP contribution in [0.2, 0.25) is 0 Å². The molecule has 1 aromatic rings. The molecule has 0 saturated heterocycles. The maximum absolute atomic E-state index is 11.7. The fourth-order valence-corrected chi connectivity index (χ4v) is 1.50. The van der Waals surface area contributed by atoms with Gasteiger partial charge in [0.15, 0.2) is 6.29 Å². The summed E-state index contributed by atoms with van der Waals surface area (Å²) in [7, 11) is 1.84. The van der Waals surface area contributed by atoms with Gasteiger partial charge in [-0.1, -0.05) is 39.0 Å². The fraction of sp³-hybridized carbons (Fsp3) is 0.500. The number of anilines is 1. The largest absolute Gasteiger partial charge is 0.326 e. The van der Waals surface area contributed by atoms with Crippen molar-refractivity contribution in [1.82, 2.24) is 5.32 Å². The Morgan fingerprint density at radius 2 is 1.76 bits per heavy atom. The van der Waals surface area contributed by atoms with Crippen molar-refractivity contribution in [3.8, 4) is 0 Å². The van der Waals surface area contributed by atoms with Gasteiger partial charge in [0.2, 0.25) is 5.91 Å². The smallest absolute Gasteiger partial charge is 0.299 e. The van der Waals surface area contributed by atoms with Gasteiger partial charge in [-0.25, -0.2) is 0 Å². The number of hydrogen-bond donors (Lipinski definition) is 3. The van der Waals surface area contributed by atoms with Crippen LogP contribution in [0.25, 0.3) is 0 Å². The number of aldehydes is 1. The SMILES string of the molecule is CC.CC(F)(F)C=O.CNCC(C)C(=N)CC(=O)Nc1ccccc1. The van der Waals surface area contributed by atoms with Crippen molar-refractivity contribution in [3.63, 3.8) is 0 Å². The number of amides is 1. The van der Waals surface area contributed by atoms with Gasteiger partial charge in [0.25, 0.3) is 5.92 Å². The van der Waals surface area contributed by atoms with Crippen molar-refractivity contribution < 1.29 is 18.4 Å². The minimum absolute atomic E-state index is 0.0847. The van der Waals surface area contributed by atoms with Crippen molar-refractivity contribution in [2.75, 3.05) is 18.9 Å². The lowest BCUT2D eigenvalue weighted by atomic mass is 10.0. The van der Waals surface area contributed by atoms with Crippen LogP contribution < -0.4 is 10.6 Å². The third-order valence-corrected chi connectivity index (χ3v) is 2.72. The Morgan fingerprint density at radius 1 is 1.28 bits per heavy atom. The summed E-state index contributed by atoms with van der Waals surface area (Å²) in [6, 6.07) is 9.29. The molecule has 0 aliphatic heterocycles. The highest BCUT2D eigenvalue weighted by atomic mass is 19.3. The van der Waals surface area contributed by atoms with Gasteiger partial charge < -0.3 is 16.0 Å². The molecule has 142 valence electrons. The van der Waals surface area contributed by atoms with E-state index < -0.39 is 12.2 Å². The Balaban J connectivity index is 0. The second-order valence-electron chi connectivity index (χ2n) is 5.15. The first-order valence-corrected chi connectivity index (χ1v) is 8.10. The van der Waals surface area contributed by atoms with Crippen molar-refractivity contribution in [1.29, 1.82) is 5.41 Å². The van der Waals surface area contributed by atoms with E-state index >= 15 is 0 Å². The summed E-state index contributed by atoms with van der Waals surface area (Å²) in [6.07, 6.45) is -0.245. The lowest BCUT2D eigenvalue weighted by Gasteiger charge is -2.12. The number of benzene rings is 1. The zero-order valence-electron chi connectivity index (χ0n) is 15.5. The zero-order valence-corrected chi connectivity index (χ0v) is 15.5. The van der Waals surface area contributed by atoms with Crippen LogP contribution in [0.1, 0.15) is 34.1 Å². The molecule has 0 bridgehead atoms. The molecule has 0 fully saturated rings. The molecule has 0 heterocycles. The number of carbonyl (C=O) groups excluding carboxylic acids is 2. The first-order chi connectivity index (χ1) is 11.7. The van der Waals surface area contributed by atoms with Crippen LogP contribution in [0.15, 0.2) is 30.3 Å². The Morgan fingerprint density at radius 3 is 2.16 bits per heavy atom. The molecule has 1 unspecified atom stereocenters. The topological polar surface area (TPSA) is 82.1 Å². The molecular formula is C18H29F2N3O2. The second-order valence-corrected chi connectivity index (χ2v) is 5.15. The zero-order chi connectivity index (χ0) is 19.9. The Kier molecular flexibility index (Phi) is 14.3. The molecule has 0 aromatic heterocycles. The van der Waals surface area contributed by atoms with E-state index in [1.807, 2.05) is 58.2 Å². The van der Waals surface area contributed by atoms with E-state index in [4.69, 9.17) is 10.2 Å². The molecular weight excluding hydrogens is 328 g/mol. The van der Waals surface area contributed by atoms with Crippen molar-refractivity contribution in [3.05, 3.63) is 30.3 Å². The maximum atomic E-state index is 11.7. The van der Waals surface area contributed by atoms with Crippen LogP contribution in [0.5, 0.6) is 0 Å². The van der Waals surface area contributed by atoms with Gasteiger partial charge in [0.05, 0.1) is 6.42 Å². The summed E-state index contributed by atoms with van der Waals surface area (Å²) in [5.41, 5.74) is 1.22. The first-order valence-electron chi connectivity index (χ1n) is 8.10. The molecule has 25 heavy (non-hydrogen) atoms. The fourth-order valence-electron chi connectivity index (χ4n) is 1.50. The molecule has 0 saturated carbocycles. The molecule has 1 rings (SSSR count). The number of para-hydroxylation sites is 1. The minimum atomic E-state index is -3.14. The van der Waals surface area contributed by atoms with Gasteiger partial charge in [-0.05, 0) is 19.2 Å². The normalized spacial score (nSPS) is 11.0. The van der Waals surface area contributed by atoms with Crippen LogP contribution in [-0.2, 0) is 9.59 Å². The highest BCUT2D eigenvalue weighted by Crippen LogP contribution is 2.07. The van der Waals surface area contributed by atoms with Crippen LogP contribution in [0.4, 0.5) is 14.5 Å². The minimum Gasteiger partial charge on any atom is -0.326 e. The van der Waals surface area contributed by atoms with Gasteiger partial charge in [-0.3, -0.25) is 9.59 Å². The summed E-state index contributed by atoms with van der Waals surface area (Å²) < 4.78 is 22.2. The quantitative estimate of drug-likeness (QED) is 0.513. The van der Waals surface area contributed by atoms with Crippen molar-refractivity contribution in [2.24, 2.45) is 5.92 Å². The van der Waals surface area contributed by atoms with Gasteiger partial charge >= 0.3 is 0 Å². The molecule has 1 atom stereocenters. The highest BCUT2D eigenvalue weighted by molar-refractivity contribution is 6.06. The summed E-state index contributed by atoms with van der Waals surface area (Å²) in [5.74, 6) is -3.19. The number of hydrogen-bond acceptors (Lipinski definition) is 4. The lowest BCUT2D eigenvalue weighted by Crippen LogP contribution is -2.26. The van der Waals surface area contributed by atoms with E-state index in [1.54, 1.807) is 0 Å². The predicted molar refractivity (Wildman–Crippen MR) is 98.5 cm³/mol. The number of rotatable bonds is 7. The molecule has 0 spiro atoms. The van der Waals surface area contributed by atoms with Gasteiger partial charge in [0.1, 0.15) is 0 Å². The van der Waals surface area contributed by atoms with Crippen molar-refractivity contribution >= 4 is 23.6 Å². The standard InChI is InChI=1S/C13H19N3O.C3H4F2O.C2H6/c1-10(9-15-2)12(14)8-13(17)16-11-6-4-3-5-7-11;1-3(4,5)2-6;1-2/h3-7,10,14-15H,8-9H2,1-2H3,(H,16,17);2H,1H3;1-2H3. The van der Waals surface area contributed by atoms with E-state index in [0.29, 0.717) is 12.6 Å². The molecule has 3 N–H and O–H groups in total. The summed E-state index contributed by atoms with van der Waals surface area (Å²) in [5, 5.41) is 13.6. The Bertz CT molecular complexity index is 503. The molecule has 7 heteroatoms. The van der Waals surface area contributed by atoms with Crippen LogP contribution in [-0.4, -0.2) is 37.4 Å². The third kappa shape index (κ3) is 15.1. The van der Waals surface area contributed by atoms with E-state index in [-0.39, 0.29) is 18.2 Å². The van der Waals surface area contributed by atoms with Crippen LogP contribution in [0.3, 0.4) is 0 Å². The van der Waals surface area contributed by atoms with E-state index in [0.717, 1.165) is 12.2 Å². The number of halogens is 2. The average Bonchev–Trinajstić information content (AvgIpc) is 2.57. The summed E-state index contributed by atoms with van der Waals surface area (Å²) >= 11 is 0. The van der Waals surface area contributed by atoms with E-state index in [9.17, 15) is 13.6 Å². The number of carbonyl (C=O) groups is 2. The Labute approximate surface area is 148 Å². The van der Waals surface area contributed by atoms with Gasteiger partial charge in [0, 0.05) is 30.8 Å². The molecule has 1 amide bonds. The molecule has 0 aliphatic carbocycles. The third-order valence-electron chi connectivity index (χ3n) is 2.72. The predicted octanol–water partition coefficient (Wildman–Crippen LogP) is 3.76. The molecule has 0 aliphatic rings. The number of alkyl halides is 2. The van der Waals surface area contributed by atoms with Crippen LogP contribution in [0, 0.1) is 11.3 Å². The first kappa shape index (κ1) is 25.1. The monoisotopic (exact) mass is 357 g/mol. The van der Waals surface area contributed by atoms with Gasteiger partial charge in [-0.2, -0.15) is 8.78 Å². The lowest BCUT2D eigenvalue weighted by molar-refractivity contribution is -0.126. The summed E-state index contributed by atoms with van der Waals surface area (Å²) in [4.78, 5) is 20.7. The van der Waals surface area contributed by atoms with Crippen LogP contribution >= 0.6 is 0 Å². The average molecular weight is 357 g/mol. The summed E-state index contributed by atoms with van der Waals surface area (Å²) in [6.45, 7) is 7.20. The van der Waals surface area contributed by atoms with E-state index in [2.05, 4.69) is 10.6 Å². The molecule has 1 aromatic carbocycles. The highest BCUT2D eigenvalue weighted by Gasteiger charge is 2.17. The molecule has 5 nitrogen and oxygen atoms in total. The number of nitrogens with one attached hydrogen (secondary N) is 3. The molecule has 0 radical (unpaired) electrons. The second kappa shape index (κ2) is 14.2.